The van der Waals surface area contributed by atoms with Crippen LogP contribution in [0.3, 0.4) is 0 Å². The van der Waals surface area contributed by atoms with Crippen molar-refractivity contribution in [1.29, 1.82) is 0 Å². The number of aliphatic imine (C=N–C) groups is 1. The summed E-state index contributed by atoms with van der Waals surface area (Å²) in [7, 11) is 0. The predicted octanol–water partition coefficient (Wildman–Crippen LogP) is 3.64. The molecular formula is C16H19N3O. The van der Waals surface area contributed by atoms with E-state index in [1.54, 1.807) is 6.08 Å². The second-order valence-electron chi connectivity index (χ2n) is 5.91. The van der Waals surface area contributed by atoms with Crippen LogP contribution in [0.1, 0.15) is 50.5 Å². The van der Waals surface area contributed by atoms with Gasteiger partial charge in [-0.15, -0.1) is 0 Å². The summed E-state index contributed by atoms with van der Waals surface area (Å²) in [4.78, 5) is 19.4. The molecule has 0 aliphatic heterocycles. The number of carbonyl (C=O) groups excluding carboxylic acids is 1. The van der Waals surface area contributed by atoms with Crippen molar-refractivity contribution in [2.75, 3.05) is 0 Å². The molecule has 0 atom stereocenters. The number of fused-ring (bicyclic) bond motifs is 1. The molecular weight excluding hydrogens is 250 g/mol. The van der Waals surface area contributed by atoms with Gasteiger partial charge in [0.1, 0.15) is 5.82 Å². The third kappa shape index (κ3) is 1.80. The predicted molar refractivity (Wildman–Crippen MR) is 78.5 cm³/mol. The molecule has 20 heavy (non-hydrogen) atoms. The summed E-state index contributed by atoms with van der Waals surface area (Å²) in [5.74, 6) is 1.02. The van der Waals surface area contributed by atoms with E-state index in [9.17, 15) is 4.79 Å². The van der Waals surface area contributed by atoms with Gasteiger partial charge in [-0.05, 0) is 57.7 Å². The Morgan fingerprint density at radius 1 is 1.40 bits per heavy atom. The summed E-state index contributed by atoms with van der Waals surface area (Å²) in [5, 5.41) is 0. The van der Waals surface area contributed by atoms with Gasteiger partial charge in [-0.1, -0.05) is 6.07 Å². The zero-order valence-corrected chi connectivity index (χ0v) is 12.2. The van der Waals surface area contributed by atoms with Gasteiger partial charge in [0.15, 0.2) is 0 Å². The summed E-state index contributed by atoms with van der Waals surface area (Å²) < 4.78 is 2.23. The highest BCUT2D eigenvalue weighted by molar-refractivity contribution is 5.77. The van der Waals surface area contributed by atoms with E-state index < -0.39 is 0 Å². The zero-order valence-electron chi connectivity index (χ0n) is 12.2. The number of nitrogens with zero attached hydrogens (tertiary/aromatic N) is 3. The van der Waals surface area contributed by atoms with Crippen LogP contribution in [0, 0.1) is 6.92 Å². The topological polar surface area (TPSA) is 47.2 Å². The molecule has 1 fully saturated rings. The number of rotatable bonds is 3. The highest BCUT2D eigenvalue weighted by Gasteiger charge is 2.39. The van der Waals surface area contributed by atoms with Crippen LogP contribution < -0.4 is 0 Å². The first-order valence-corrected chi connectivity index (χ1v) is 7.15. The molecule has 3 rings (SSSR count). The minimum Gasteiger partial charge on any atom is -0.326 e. The Morgan fingerprint density at radius 2 is 2.15 bits per heavy atom. The number of aromatic nitrogens is 2. The minimum absolute atomic E-state index is 0.342. The molecule has 4 nitrogen and oxygen atoms in total. The molecule has 0 unspecified atom stereocenters. The Morgan fingerprint density at radius 3 is 2.70 bits per heavy atom. The van der Waals surface area contributed by atoms with Gasteiger partial charge < -0.3 is 4.57 Å². The van der Waals surface area contributed by atoms with Crippen molar-refractivity contribution in [3.05, 3.63) is 29.6 Å². The Labute approximate surface area is 118 Å². The summed E-state index contributed by atoms with van der Waals surface area (Å²) >= 11 is 0. The summed E-state index contributed by atoms with van der Waals surface area (Å²) in [6.45, 7) is 6.35. The van der Waals surface area contributed by atoms with Crippen LogP contribution in [-0.4, -0.2) is 15.6 Å². The normalized spacial score (nSPS) is 17.0. The standard InChI is InChI=1S/C16H19N3O/c1-11(2)19-12(3)18-14-9-13(5-6-15(14)19)16(17-10-20)7-4-8-16/h5-6,9,11H,4,7-8H2,1-3H3. The van der Waals surface area contributed by atoms with E-state index in [-0.39, 0.29) is 5.54 Å². The Balaban J connectivity index is 2.15. The number of isocyanates is 1. The van der Waals surface area contributed by atoms with Crippen LogP contribution in [0.5, 0.6) is 0 Å². The maximum absolute atomic E-state index is 10.7. The number of hydrogen-bond donors (Lipinski definition) is 0. The third-order valence-electron chi connectivity index (χ3n) is 4.36. The Kier molecular flexibility index (Phi) is 2.98. The van der Waals surface area contributed by atoms with E-state index in [2.05, 4.69) is 46.6 Å². The summed E-state index contributed by atoms with van der Waals surface area (Å²) in [5.41, 5.74) is 2.88. The molecule has 1 heterocycles. The van der Waals surface area contributed by atoms with Gasteiger partial charge >= 0.3 is 0 Å². The first-order chi connectivity index (χ1) is 9.57. The van der Waals surface area contributed by atoms with Crippen molar-refractivity contribution in [1.82, 2.24) is 9.55 Å². The molecule has 0 N–H and O–H groups in total. The van der Waals surface area contributed by atoms with Gasteiger partial charge in [0.2, 0.25) is 6.08 Å². The SMILES string of the molecule is Cc1nc2cc(C3(N=C=O)CCC3)ccc2n1C(C)C. The molecule has 1 saturated carbocycles. The van der Waals surface area contributed by atoms with Crippen molar-refractivity contribution in [2.45, 2.75) is 51.6 Å². The molecule has 0 spiro atoms. The lowest BCUT2D eigenvalue weighted by molar-refractivity contribution is 0.256. The maximum Gasteiger partial charge on any atom is 0.235 e. The van der Waals surface area contributed by atoms with Crippen molar-refractivity contribution < 1.29 is 4.79 Å². The van der Waals surface area contributed by atoms with E-state index in [0.717, 1.165) is 41.7 Å². The molecule has 104 valence electrons. The average molecular weight is 269 g/mol. The zero-order chi connectivity index (χ0) is 14.3. The van der Waals surface area contributed by atoms with E-state index in [1.165, 1.54) is 0 Å². The van der Waals surface area contributed by atoms with Crippen molar-refractivity contribution in [3.8, 4) is 0 Å². The van der Waals surface area contributed by atoms with Crippen molar-refractivity contribution >= 4 is 17.1 Å². The van der Waals surface area contributed by atoms with Gasteiger partial charge in [0.25, 0.3) is 0 Å². The quantitative estimate of drug-likeness (QED) is 0.631. The average Bonchev–Trinajstić information content (AvgIpc) is 2.68. The lowest BCUT2D eigenvalue weighted by Crippen LogP contribution is -2.31. The number of benzene rings is 1. The van der Waals surface area contributed by atoms with Gasteiger partial charge in [0.05, 0.1) is 16.6 Å². The Bertz CT molecular complexity index is 704. The van der Waals surface area contributed by atoms with E-state index in [0.29, 0.717) is 6.04 Å². The molecule has 0 saturated heterocycles. The lowest BCUT2D eigenvalue weighted by Gasteiger charge is -2.37. The van der Waals surface area contributed by atoms with Crippen LogP contribution in [-0.2, 0) is 10.3 Å². The van der Waals surface area contributed by atoms with E-state index >= 15 is 0 Å². The fourth-order valence-electron chi connectivity index (χ4n) is 3.22. The second kappa shape index (κ2) is 4.57. The Hall–Kier alpha value is -1.93. The smallest absolute Gasteiger partial charge is 0.235 e. The molecule has 4 heteroatoms. The molecule has 2 aromatic rings. The van der Waals surface area contributed by atoms with E-state index in [1.807, 2.05) is 6.92 Å². The molecule has 1 aromatic carbocycles. The molecule has 1 aliphatic rings. The number of aryl methyl sites for hydroxylation is 1. The molecule has 1 aromatic heterocycles. The van der Waals surface area contributed by atoms with E-state index in [4.69, 9.17) is 0 Å². The minimum atomic E-state index is -0.342. The van der Waals surface area contributed by atoms with Crippen molar-refractivity contribution in [3.63, 3.8) is 0 Å². The number of imidazole rings is 1. The molecule has 0 bridgehead atoms. The second-order valence-corrected chi connectivity index (χ2v) is 5.91. The monoisotopic (exact) mass is 269 g/mol. The lowest BCUT2D eigenvalue weighted by atomic mass is 9.72. The fraction of sp³-hybridized carbons (Fsp3) is 0.500. The largest absolute Gasteiger partial charge is 0.326 e. The number of hydrogen-bond acceptors (Lipinski definition) is 3. The van der Waals surface area contributed by atoms with Crippen LogP contribution in [0.15, 0.2) is 23.2 Å². The highest BCUT2D eigenvalue weighted by Crippen LogP contribution is 2.45. The first-order valence-electron chi connectivity index (χ1n) is 7.15. The molecule has 0 radical (unpaired) electrons. The van der Waals surface area contributed by atoms with Gasteiger partial charge in [-0.3, -0.25) is 0 Å². The maximum atomic E-state index is 10.7. The van der Waals surface area contributed by atoms with Gasteiger partial charge in [-0.25, -0.2) is 9.78 Å². The summed E-state index contributed by atoms with van der Waals surface area (Å²) in [6.07, 6.45) is 4.71. The van der Waals surface area contributed by atoms with Crippen LogP contribution in [0.4, 0.5) is 0 Å². The molecule has 0 amide bonds. The fourth-order valence-corrected chi connectivity index (χ4v) is 3.22. The highest BCUT2D eigenvalue weighted by atomic mass is 16.1. The van der Waals surface area contributed by atoms with Crippen LogP contribution in [0.25, 0.3) is 11.0 Å². The third-order valence-corrected chi connectivity index (χ3v) is 4.36. The van der Waals surface area contributed by atoms with Gasteiger partial charge in [0, 0.05) is 6.04 Å². The van der Waals surface area contributed by atoms with Crippen LogP contribution >= 0.6 is 0 Å². The molecule has 1 aliphatic carbocycles. The van der Waals surface area contributed by atoms with Crippen molar-refractivity contribution in [2.24, 2.45) is 4.99 Å². The first kappa shape index (κ1) is 13.1. The van der Waals surface area contributed by atoms with Crippen LogP contribution in [0.2, 0.25) is 0 Å². The summed E-state index contributed by atoms with van der Waals surface area (Å²) in [6, 6.07) is 6.66. The van der Waals surface area contributed by atoms with Gasteiger partial charge in [-0.2, -0.15) is 4.99 Å².